The van der Waals surface area contributed by atoms with Crippen molar-refractivity contribution >= 4 is 49.4 Å². The number of carboxylic acid groups (broad SMARTS) is 1. The molecule has 0 bridgehead atoms. The van der Waals surface area contributed by atoms with Crippen LogP contribution in [0.25, 0.3) is 21.8 Å². The molecule has 0 aliphatic heterocycles. The first-order valence-electron chi connectivity index (χ1n) is 9.41. The number of halogens is 1. The molecule has 0 spiro atoms. The summed E-state index contributed by atoms with van der Waals surface area (Å²) in [4.78, 5) is 15.4. The van der Waals surface area contributed by atoms with Gasteiger partial charge in [-0.15, -0.1) is 0 Å². The zero-order valence-corrected chi connectivity index (χ0v) is 17.7. The second-order valence-corrected chi connectivity index (χ2v) is 9.26. The van der Waals surface area contributed by atoms with Gasteiger partial charge in [0.2, 0.25) is 0 Å². The van der Waals surface area contributed by atoms with Crippen LogP contribution in [0, 0.1) is 6.92 Å². The van der Waals surface area contributed by atoms with Crippen LogP contribution >= 0.6 is 11.6 Å². The van der Waals surface area contributed by atoms with E-state index in [1.54, 1.807) is 36.4 Å². The van der Waals surface area contributed by atoms with Crippen molar-refractivity contribution in [3.63, 3.8) is 0 Å². The van der Waals surface area contributed by atoms with E-state index in [1.807, 2.05) is 25.1 Å². The molecule has 2 heterocycles. The third kappa shape index (κ3) is 3.55. The molecule has 0 amide bonds. The SMILES string of the molecule is Cc1ccc(S(=O)(=O)n2c(CCCC(=O)O)cc3nc(Cl)ccc32)c2ccccc12. The highest BCUT2D eigenvalue weighted by molar-refractivity contribution is 7.90. The van der Waals surface area contributed by atoms with Gasteiger partial charge < -0.3 is 5.11 Å². The van der Waals surface area contributed by atoms with Gasteiger partial charge in [0.25, 0.3) is 10.0 Å². The summed E-state index contributed by atoms with van der Waals surface area (Å²) in [6, 6.07) is 15.6. The molecule has 0 atom stereocenters. The molecule has 30 heavy (non-hydrogen) atoms. The molecule has 0 saturated carbocycles. The lowest BCUT2D eigenvalue weighted by atomic mass is 10.1. The van der Waals surface area contributed by atoms with Crippen LogP contribution in [0.15, 0.2) is 59.5 Å². The minimum Gasteiger partial charge on any atom is -0.481 e. The predicted octanol–water partition coefficient (Wildman–Crippen LogP) is 4.80. The Balaban J connectivity index is 1.95. The first-order valence-corrected chi connectivity index (χ1v) is 11.2. The fraction of sp³-hybridized carbons (Fsp3) is 0.182. The van der Waals surface area contributed by atoms with Crippen LogP contribution in [-0.2, 0) is 21.2 Å². The predicted molar refractivity (Wildman–Crippen MR) is 117 cm³/mol. The van der Waals surface area contributed by atoms with Gasteiger partial charge in [0.15, 0.2) is 0 Å². The minimum absolute atomic E-state index is 0.0524. The third-order valence-corrected chi connectivity index (χ3v) is 7.13. The number of aryl methyl sites for hydroxylation is 2. The van der Waals surface area contributed by atoms with Crippen LogP contribution in [0.1, 0.15) is 24.1 Å². The van der Waals surface area contributed by atoms with Crippen molar-refractivity contribution < 1.29 is 18.3 Å². The minimum atomic E-state index is -3.97. The highest BCUT2D eigenvalue weighted by Crippen LogP contribution is 2.31. The van der Waals surface area contributed by atoms with Gasteiger partial charge in [-0.1, -0.05) is 41.9 Å². The number of nitrogens with zero attached hydrogens (tertiary/aromatic N) is 2. The summed E-state index contributed by atoms with van der Waals surface area (Å²) in [6.45, 7) is 1.94. The highest BCUT2D eigenvalue weighted by atomic mass is 35.5. The number of carbonyl (C=O) groups is 1. The Morgan fingerprint density at radius 3 is 2.57 bits per heavy atom. The lowest BCUT2D eigenvalue weighted by molar-refractivity contribution is -0.137. The molecule has 1 N–H and O–H groups in total. The van der Waals surface area contributed by atoms with E-state index < -0.39 is 16.0 Å². The van der Waals surface area contributed by atoms with E-state index in [2.05, 4.69) is 4.98 Å². The number of rotatable bonds is 6. The number of fused-ring (bicyclic) bond motifs is 2. The number of benzene rings is 2. The summed E-state index contributed by atoms with van der Waals surface area (Å²) in [6.07, 6.45) is 0.538. The molecular weight excluding hydrogens is 424 g/mol. The van der Waals surface area contributed by atoms with Crippen molar-refractivity contribution in [3.05, 3.63) is 71.0 Å². The largest absolute Gasteiger partial charge is 0.481 e. The fourth-order valence-corrected chi connectivity index (χ4v) is 5.63. The maximum atomic E-state index is 13.8. The van der Waals surface area contributed by atoms with Crippen LogP contribution in [0.3, 0.4) is 0 Å². The van der Waals surface area contributed by atoms with Gasteiger partial charge in [-0.05, 0) is 55.0 Å². The molecule has 0 saturated heterocycles. The van der Waals surface area contributed by atoms with Gasteiger partial charge in [0, 0.05) is 17.5 Å². The van der Waals surface area contributed by atoms with Crippen molar-refractivity contribution in [2.24, 2.45) is 0 Å². The van der Waals surface area contributed by atoms with Crippen molar-refractivity contribution in [2.75, 3.05) is 0 Å². The van der Waals surface area contributed by atoms with E-state index in [-0.39, 0.29) is 22.9 Å². The van der Waals surface area contributed by atoms with Crippen molar-refractivity contribution in [3.8, 4) is 0 Å². The van der Waals surface area contributed by atoms with E-state index in [9.17, 15) is 13.2 Å². The lowest BCUT2D eigenvalue weighted by Crippen LogP contribution is -2.16. The lowest BCUT2D eigenvalue weighted by Gasteiger charge is -2.14. The maximum Gasteiger partial charge on any atom is 0.303 e. The molecule has 2 aromatic heterocycles. The zero-order chi connectivity index (χ0) is 21.5. The Morgan fingerprint density at radius 1 is 1.10 bits per heavy atom. The van der Waals surface area contributed by atoms with Crippen molar-refractivity contribution in [2.45, 2.75) is 31.1 Å². The Labute approximate surface area is 178 Å². The topological polar surface area (TPSA) is 89.3 Å². The van der Waals surface area contributed by atoms with Gasteiger partial charge in [-0.3, -0.25) is 4.79 Å². The maximum absolute atomic E-state index is 13.8. The summed E-state index contributed by atoms with van der Waals surface area (Å²) in [5.74, 6) is -0.925. The first kappa shape index (κ1) is 20.4. The van der Waals surface area contributed by atoms with Gasteiger partial charge >= 0.3 is 5.97 Å². The van der Waals surface area contributed by atoms with E-state index in [0.717, 1.165) is 10.9 Å². The zero-order valence-electron chi connectivity index (χ0n) is 16.2. The molecule has 8 heteroatoms. The molecule has 4 rings (SSSR count). The van der Waals surface area contributed by atoms with Crippen molar-refractivity contribution in [1.82, 2.24) is 8.96 Å². The Kier molecular flexibility index (Phi) is 5.26. The van der Waals surface area contributed by atoms with Gasteiger partial charge in [-0.2, -0.15) is 0 Å². The monoisotopic (exact) mass is 442 g/mol. The van der Waals surface area contributed by atoms with Crippen LogP contribution in [0.2, 0.25) is 5.15 Å². The summed E-state index contributed by atoms with van der Waals surface area (Å²) in [5.41, 5.74) is 2.32. The highest BCUT2D eigenvalue weighted by Gasteiger charge is 2.25. The van der Waals surface area contributed by atoms with Crippen LogP contribution in [0.4, 0.5) is 0 Å². The van der Waals surface area contributed by atoms with Crippen LogP contribution in [0.5, 0.6) is 0 Å². The van der Waals surface area contributed by atoms with E-state index in [1.165, 1.54) is 3.97 Å². The standard InChI is InChI=1S/C22H19ClN2O4S/c1-14-9-11-20(17-7-3-2-6-16(14)17)30(28,29)25-15(5-4-8-22(26)27)13-18-19(25)10-12-21(23)24-18/h2-3,6-7,9-13H,4-5,8H2,1H3,(H,26,27). The molecule has 0 fully saturated rings. The number of hydrogen-bond acceptors (Lipinski definition) is 4. The van der Waals surface area contributed by atoms with Gasteiger partial charge in [0.1, 0.15) is 5.15 Å². The number of pyridine rings is 1. The number of aromatic nitrogens is 2. The quantitative estimate of drug-likeness (QED) is 0.433. The second-order valence-electron chi connectivity index (χ2n) is 7.12. The number of aliphatic carboxylic acids is 1. The number of carboxylic acids is 1. The molecule has 154 valence electrons. The Morgan fingerprint density at radius 2 is 1.83 bits per heavy atom. The average Bonchev–Trinajstić information content (AvgIpc) is 3.06. The summed E-state index contributed by atoms with van der Waals surface area (Å²) in [5, 5.41) is 10.7. The molecule has 4 aromatic rings. The Bertz CT molecular complexity index is 1390. The van der Waals surface area contributed by atoms with Gasteiger partial charge in [0.05, 0.1) is 15.9 Å². The third-order valence-electron chi connectivity index (χ3n) is 5.10. The smallest absolute Gasteiger partial charge is 0.303 e. The molecule has 0 aliphatic carbocycles. The van der Waals surface area contributed by atoms with Crippen LogP contribution < -0.4 is 0 Å². The first-order chi connectivity index (χ1) is 14.3. The summed E-state index contributed by atoms with van der Waals surface area (Å²) in [7, 11) is -3.97. The molecule has 6 nitrogen and oxygen atoms in total. The van der Waals surface area contributed by atoms with Gasteiger partial charge in [-0.25, -0.2) is 17.4 Å². The molecule has 0 radical (unpaired) electrons. The summed E-state index contributed by atoms with van der Waals surface area (Å²) < 4.78 is 28.9. The van der Waals surface area contributed by atoms with E-state index in [0.29, 0.717) is 28.5 Å². The molecule has 0 aliphatic rings. The van der Waals surface area contributed by atoms with E-state index >= 15 is 0 Å². The molecular formula is C22H19ClN2O4S. The number of hydrogen-bond donors (Lipinski definition) is 1. The molecule has 2 aromatic carbocycles. The average molecular weight is 443 g/mol. The van der Waals surface area contributed by atoms with Crippen LogP contribution in [-0.4, -0.2) is 28.5 Å². The van der Waals surface area contributed by atoms with E-state index in [4.69, 9.17) is 16.7 Å². The summed E-state index contributed by atoms with van der Waals surface area (Å²) >= 11 is 6.01. The fourth-order valence-electron chi connectivity index (χ4n) is 3.72. The Hall–Kier alpha value is -2.90. The second kappa shape index (κ2) is 7.74. The molecule has 0 unspecified atom stereocenters. The normalized spacial score (nSPS) is 11.9. The van der Waals surface area contributed by atoms with Crippen molar-refractivity contribution in [1.29, 1.82) is 0 Å².